The van der Waals surface area contributed by atoms with Gasteiger partial charge in [-0.1, -0.05) is 72.0 Å². The van der Waals surface area contributed by atoms with E-state index in [9.17, 15) is 0 Å². The van der Waals surface area contributed by atoms with Crippen molar-refractivity contribution in [2.45, 2.75) is 0 Å². The number of hydrogen-bond donors (Lipinski definition) is 0. The second kappa shape index (κ2) is 11.1. The summed E-state index contributed by atoms with van der Waals surface area (Å²) in [5, 5.41) is 15.9. The average Bonchev–Trinajstić information content (AvgIpc) is 3.88. The highest BCUT2D eigenvalue weighted by Gasteiger charge is 2.18. The normalized spacial score (nSPS) is 11.7. The maximum atomic E-state index is 5.06. The van der Waals surface area contributed by atoms with Gasteiger partial charge in [0.15, 0.2) is 0 Å². The van der Waals surface area contributed by atoms with Crippen LogP contribution in [0.15, 0.2) is 158 Å². The summed E-state index contributed by atoms with van der Waals surface area (Å²) in [7, 11) is 0. The largest absolute Gasteiger partial charge is 0.309 e. The van der Waals surface area contributed by atoms with E-state index in [1.54, 1.807) is 17.5 Å². The Hall–Kier alpha value is -6.44. The Kier molecular flexibility index (Phi) is 6.25. The highest BCUT2D eigenvalue weighted by atomic mass is 32.1. The topological polar surface area (TPSA) is 61.4 Å². The molecule has 0 amide bonds. The molecule has 49 heavy (non-hydrogen) atoms. The first kappa shape index (κ1) is 27.7. The molecule has 7 heteroatoms. The van der Waals surface area contributed by atoms with Crippen LogP contribution in [0.5, 0.6) is 0 Å². The molecule has 0 saturated carbocycles. The second-order valence-corrected chi connectivity index (χ2v) is 13.0. The predicted molar refractivity (Wildman–Crippen MR) is 200 cm³/mol. The van der Waals surface area contributed by atoms with E-state index in [-0.39, 0.29) is 0 Å². The Morgan fingerprint density at radius 2 is 1.06 bits per heavy atom. The average molecular weight is 647 g/mol. The molecule has 10 rings (SSSR count). The monoisotopic (exact) mass is 646 g/mol. The minimum absolute atomic E-state index is 0.863. The van der Waals surface area contributed by atoms with Gasteiger partial charge < -0.3 is 4.57 Å². The highest BCUT2D eigenvalue weighted by Crippen LogP contribution is 2.39. The summed E-state index contributed by atoms with van der Waals surface area (Å²) in [6.07, 6.45) is 3.63. The van der Waals surface area contributed by atoms with Crippen molar-refractivity contribution in [2.75, 3.05) is 0 Å². The third-order valence-electron chi connectivity index (χ3n) is 9.20. The molecule has 0 atom stereocenters. The number of pyridine rings is 2. The molecule has 0 saturated heterocycles. The summed E-state index contributed by atoms with van der Waals surface area (Å²) in [5.74, 6) is 0.863. The molecular weight excluding hydrogens is 621 g/mol. The van der Waals surface area contributed by atoms with Crippen LogP contribution in [0.4, 0.5) is 0 Å². The summed E-state index contributed by atoms with van der Waals surface area (Å²) >= 11 is 1.62. The molecule has 0 aliphatic carbocycles. The fourth-order valence-electron chi connectivity index (χ4n) is 6.99. The molecule has 0 aliphatic heterocycles. The quantitative estimate of drug-likeness (QED) is 0.187. The van der Waals surface area contributed by atoms with Gasteiger partial charge in [0.1, 0.15) is 15.8 Å². The third kappa shape index (κ3) is 4.47. The SMILES string of the molecule is c1ccc(-n2c3ccccc3c3cc(-c4nnc(-c5ccc6c(c5)c5ccccc5n6-c5cccc(-c6cccnc6)n5)s4)ccc32)cc1. The molecule has 0 unspecified atom stereocenters. The van der Waals surface area contributed by atoms with Gasteiger partial charge >= 0.3 is 0 Å². The second-order valence-electron chi connectivity index (χ2n) is 12.0. The first-order valence-corrected chi connectivity index (χ1v) is 17.0. The number of hydrogen-bond acceptors (Lipinski definition) is 5. The van der Waals surface area contributed by atoms with E-state index >= 15 is 0 Å². The van der Waals surface area contributed by atoms with Crippen LogP contribution < -0.4 is 0 Å². The summed E-state index contributed by atoms with van der Waals surface area (Å²) in [5.41, 5.74) is 9.67. The number of rotatable bonds is 5. The van der Waals surface area contributed by atoms with Crippen LogP contribution in [0.3, 0.4) is 0 Å². The molecule has 6 nitrogen and oxygen atoms in total. The van der Waals surface area contributed by atoms with Gasteiger partial charge in [-0.3, -0.25) is 9.55 Å². The molecule has 0 aliphatic rings. The van der Waals surface area contributed by atoms with E-state index in [0.717, 1.165) is 65.7 Å². The van der Waals surface area contributed by atoms with Crippen LogP contribution in [0.25, 0.3) is 87.5 Å². The maximum Gasteiger partial charge on any atom is 0.148 e. The summed E-state index contributed by atoms with van der Waals surface area (Å²) < 4.78 is 4.57. The maximum absolute atomic E-state index is 5.06. The van der Waals surface area contributed by atoms with Crippen molar-refractivity contribution in [3.05, 3.63) is 158 Å². The summed E-state index contributed by atoms with van der Waals surface area (Å²) in [4.78, 5) is 9.36. The molecule has 5 heterocycles. The van der Waals surface area contributed by atoms with E-state index in [2.05, 4.69) is 147 Å². The van der Waals surface area contributed by atoms with E-state index in [1.165, 1.54) is 21.8 Å². The lowest BCUT2D eigenvalue weighted by Gasteiger charge is -2.09. The molecule has 10 aromatic rings. The third-order valence-corrected chi connectivity index (χ3v) is 10.2. The highest BCUT2D eigenvalue weighted by molar-refractivity contribution is 7.17. The molecule has 5 aromatic heterocycles. The number of fused-ring (bicyclic) bond motifs is 6. The lowest BCUT2D eigenvalue weighted by atomic mass is 10.1. The van der Waals surface area contributed by atoms with Crippen LogP contribution >= 0.6 is 11.3 Å². The van der Waals surface area contributed by atoms with E-state index < -0.39 is 0 Å². The number of benzene rings is 5. The van der Waals surface area contributed by atoms with Crippen molar-refractivity contribution in [3.63, 3.8) is 0 Å². The van der Waals surface area contributed by atoms with E-state index in [4.69, 9.17) is 10.1 Å². The van der Waals surface area contributed by atoms with Gasteiger partial charge in [-0.2, -0.15) is 0 Å². The standard InChI is InChI=1S/C42H26N6S/c1-2-11-30(12-3-1)47-36-16-6-4-13-31(36)33-24-27(19-21-38(33)47)41-45-46-42(49-41)28-20-22-39-34(25-28)32-14-5-7-17-37(32)48(39)40-18-8-15-35(44-40)29-10-9-23-43-26-29/h1-26H. The Morgan fingerprint density at radius 1 is 0.449 bits per heavy atom. The molecule has 230 valence electrons. The van der Waals surface area contributed by atoms with Gasteiger partial charge in [0, 0.05) is 56.3 Å². The molecule has 0 spiro atoms. The van der Waals surface area contributed by atoms with Crippen molar-refractivity contribution >= 4 is 54.9 Å². The van der Waals surface area contributed by atoms with Crippen molar-refractivity contribution in [2.24, 2.45) is 0 Å². The van der Waals surface area contributed by atoms with Crippen molar-refractivity contribution in [3.8, 4) is 43.9 Å². The smallest absolute Gasteiger partial charge is 0.148 e. The zero-order chi connectivity index (χ0) is 32.3. The number of para-hydroxylation sites is 3. The first-order chi connectivity index (χ1) is 24.3. The van der Waals surface area contributed by atoms with E-state index in [1.807, 2.05) is 24.4 Å². The van der Waals surface area contributed by atoms with E-state index in [0.29, 0.717) is 0 Å². The predicted octanol–water partition coefficient (Wildman–Crippen LogP) is 10.5. The zero-order valence-corrected chi connectivity index (χ0v) is 26.9. The Balaban J connectivity index is 1.07. The van der Waals surface area contributed by atoms with Crippen LogP contribution in [-0.4, -0.2) is 29.3 Å². The van der Waals surface area contributed by atoms with Crippen molar-refractivity contribution < 1.29 is 0 Å². The molecule has 0 N–H and O–H groups in total. The van der Waals surface area contributed by atoms with Crippen LogP contribution in [0.2, 0.25) is 0 Å². The summed E-state index contributed by atoms with van der Waals surface area (Å²) in [6, 6.07) is 50.9. The van der Waals surface area contributed by atoms with Crippen molar-refractivity contribution in [1.82, 2.24) is 29.3 Å². The first-order valence-electron chi connectivity index (χ1n) is 16.1. The fraction of sp³-hybridized carbons (Fsp3) is 0. The molecule has 0 fully saturated rings. The molecule has 0 radical (unpaired) electrons. The number of aromatic nitrogens is 6. The Bertz CT molecular complexity index is 2830. The van der Waals surface area contributed by atoms with Crippen LogP contribution in [-0.2, 0) is 0 Å². The fourth-order valence-corrected chi connectivity index (χ4v) is 7.83. The van der Waals surface area contributed by atoms with Crippen LogP contribution in [0, 0.1) is 0 Å². The molecule has 0 bridgehead atoms. The van der Waals surface area contributed by atoms with Gasteiger partial charge in [-0.15, -0.1) is 10.2 Å². The summed E-state index contributed by atoms with van der Waals surface area (Å²) in [6.45, 7) is 0. The number of nitrogens with zero attached hydrogens (tertiary/aromatic N) is 6. The zero-order valence-electron chi connectivity index (χ0n) is 26.1. The Morgan fingerprint density at radius 3 is 1.73 bits per heavy atom. The van der Waals surface area contributed by atoms with Gasteiger partial charge in [0.25, 0.3) is 0 Å². The van der Waals surface area contributed by atoms with Gasteiger partial charge in [-0.25, -0.2) is 4.98 Å². The molecule has 5 aromatic carbocycles. The molecular formula is C42H26N6S. The lowest BCUT2D eigenvalue weighted by Crippen LogP contribution is -1.98. The van der Waals surface area contributed by atoms with Gasteiger partial charge in [0.05, 0.1) is 27.8 Å². The van der Waals surface area contributed by atoms with Gasteiger partial charge in [0.2, 0.25) is 0 Å². The Labute approximate surface area is 285 Å². The minimum atomic E-state index is 0.863. The van der Waals surface area contributed by atoms with Crippen LogP contribution in [0.1, 0.15) is 0 Å². The van der Waals surface area contributed by atoms with Crippen molar-refractivity contribution in [1.29, 1.82) is 0 Å². The van der Waals surface area contributed by atoms with Gasteiger partial charge in [-0.05, 0) is 84.9 Å². The lowest BCUT2D eigenvalue weighted by molar-refractivity contribution is 1.08. The minimum Gasteiger partial charge on any atom is -0.309 e.